The molecule has 0 radical (unpaired) electrons. The van der Waals surface area contributed by atoms with Gasteiger partial charge in [-0.25, -0.2) is 4.98 Å². The lowest BCUT2D eigenvalue weighted by Gasteiger charge is -2.05. The van der Waals surface area contributed by atoms with Gasteiger partial charge in [-0.05, 0) is 11.6 Å². The Morgan fingerprint density at radius 1 is 1.43 bits per heavy atom. The summed E-state index contributed by atoms with van der Waals surface area (Å²) in [5.74, 6) is 0.484. The van der Waals surface area contributed by atoms with E-state index in [1.54, 1.807) is 18.6 Å². The number of aromatic nitrogens is 3. The molecule has 4 nitrogen and oxygen atoms in total. The molecule has 0 aliphatic rings. The van der Waals surface area contributed by atoms with E-state index in [1.807, 2.05) is 16.8 Å². The third-order valence-corrected chi connectivity index (χ3v) is 2.29. The van der Waals surface area contributed by atoms with Gasteiger partial charge in [0.05, 0.1) is 11.6 Å². The van der Waals surface area contributed by atoms with Crippen molar-refractivity contribution in [1.29, 1.82) is 0 Å². The Balaban J connectivity index is 2.28. The highest BCUT2D eigenvalue weighted by Gasteiger charge is 2.02. The molecule has 0 aliphatic carbocycles. The summed E-state index contributed by atoms with van der Waals surface area (Å²) in [5, 5.41) is 0.639. The first-order valence-electron chi connectivity index (χ1n) is 4.12. The molecule has 0 saturated carbocycles. The monoisotopic (exact) mass is 208 g/mol. The summed E-state index contributed by atoms with van der Waals surface area (Å²) in [4.78, 5) is 7.83. The summed E-state index contributed by atoms with van der Waals surface area (Å²) in [7, 11) is 0. The summed E-state index contributed by atoms with van der Waals surface area (Å²) in [5.41, 5.74) is 6.61. The molecule has 2 heterocycles. The Morgan fingerprint density at radius 2 is 2.29 bits per heavy atom. The molecular formula is C9H9ClN4. The second-order valence-electron chi connectivity index (χ2n) is 2.88. The summed E-state index contributed by atoms with van der Waals surface area (Å²) in [6.07, 6.45) is 6.79. The van der Waals surface area contributed by atoms with Crippen LogP contribution in [-0.2, 0) is 6.54 Å². The van der Waals surface area contributed by atoms with Crippen molar-refractivity contribution in [2.24, 2.45) is 0 Å². The predicted octanol–water partition coefficient (Wildman–Crippen LogP) is 1.56. The minimum Gasteiger partial charge on any atom is -0.369 e. The fourth-order valence-electron chi connectivity index (χ4n) is 1.19. The van der Waals surface area contributed by atoms with Gasteiger partial charge in [0.15, 0.2) is 5.95 Å². The van der Waals surface area contributed by atoms with Gasteiger partial charge in [0, 0.05) is 24.8 Å². The molecule has 0 unspecified atom stereocenters. The number of hydrogen-bond acceptors (Lipinski definition) is 3. The molecule has 0 spiro atoms. The zero-order valence-electron chi connectivity index (χ0n) is 7.39. The van der Waals surface area contributed by atoms with Gasteiger partial charge in [-0.1, -0.05) is 11.6 Å². The summed E-state index contributed by atoms with van der Waals surface area (Å²) in [6.45, 7) is 0.618. The summed E-state index contributed by atoms with van der Waals surface area (Å²) >= 11 is 5.96. The van der Waals surface area contributed by atoms with Crippen LogP contribution >= 0.6 is 11.6 Å². The number of anilines is 1. The van der Waals surface area contributed by atoms with E-state index in [9.17, 15) is 0 Å². The largest absolute Gasteiger partial charge is 0.369 e. The lowest BCUT2D eigenvalue weighted by molar-refractivity contribution is 0.809. The highest BCUT2D eigenvalue weighted by molar-refractivity contribution is 6.31. The van der Waals surface area contributed by atoms with E-state index in [2.05, 4.69) is 9.97 Å². The first kappa shape index (κ1) is 9.02. The molecule has 0 amide bonds. The molecule has 2 aromatic rings. The molecule has 5 heteroatoms. The zero-order chi connectivity index (χ0) is 9.97. The molecule has 2 N–H and O–H groups in total. The van der Waals surface area contributed by atoms with Crippen LogP contribution < -0.4 is 5.73 Å². The normalized spacial score (nSPS) is 10.4. The highest BCUT2D eigenvalue weighted by atomic mass is 35.5. The maximum absolute atomic E-state index is 5.96. The number of hydrogen-bond donors (Lipinski definition) is 1. The third-order valence-electron chi connectivity index (χ3n) is 1.94. The van der Waals surface area contributed by atoms with Crippen LogP contribution in [0.5, 0.6) is 0 Å². The van der Waals surface area contributed by atoms with E-state index in [0.717, 1.165) is 5.56 Å². The standard InChI is InChI=1S/C9H9ClN4/c10-8-5-12-2-1-7(8)6-14-4-3-13-9(14)11/h1-5H,6H2,(H2,11,13). The molecule has 0 aromatic carbocycles. The Morgan fingerprint density at radius 3 is 2.93 bits per heavy atom. The van der Waals surface area contributed by atoms with Crippen molar-refractivity contribution in [2.45, 2.75) is 6.54 Å². The van der Waals surface area contributed by atoms with Crippen molar-refractivity contribution in [3.63, 3.8) is 0 Å². The fourth-order valence-corrected chi connectivity index (χ4v) is 1.37. The molecule has 2 rings (SSSR count). The number of rotatable bonds is 2. The quantitative estimate of drug-likeness (QED) is 0.815. The lowest BCUT2D eigenvalue weighted by atomic mass is 10.2. The maximum atomic E-state index is 5.96. The van der Waals surface area contributed by atoms with Crippen LogP contribution in [0.4, 0.5) is 5.95 Å². The molecule has 0 aliphatic heterocycles. The maximum Gasteiger partial charge on any atom is 0.200 e. The van der Waals surface area contributed by atoms with Crippen molar-refractivity contribution >= 4 is 17.5 Å². The van der Waals surface area contributed by atoms with E-state index >= 15 is 0 Å². The SMILES string of the molecule is Nc1nccn1Cc1ccncc1Cl. The molecule has 0 fully saturated rings. The van der Waals surface area contributed by atoms with Crippen molar-refractivity contribution in [3.8, 4) is 0 Å². The van der Waals surface area contributed by atoms with Crippen LogP contribution in [-0.4, -0.2) is 14.5 Å². The van der Waals surface area contributed by atoms with E-state index in [1.165, 1.54) is 0 Å². The number of pyridine rings is 1. The average molecular weight is 209 g/mol. The molecule has 0 saturated heterocycles. The summed E-state index contributed by atoms with van der Waals surface area (Å²) in [6, 6.07) is 1.86. The van der Waals surface area contributed by atoms with Crippen molar-refractivity contribution < 1.29 is 0 Å². The number of nitrogens with zero attached hydrogens (tertiary/aromatic N) is 3. The molecular weight excluding hydrogens is 200 g/mol. The van der Waals surface area contributed by atoms with Crippen molar-refractivity contribution in [1.82, 2.24) is 14.5 Å². The van der Waals surface area contributed by atoms with Gasteiger partial charge in [0.1, 0.15) is 0 Å². The zero-order valence-corrected chi connectivity index (χ0v) is 8.15. The van der Waals surface area contributed by atoms with E-state index in [4.69, 9.17) is 17.3 Å². The minimum absolute atomic E-state index is 0.484. The first-order valence-corrected chi connectivity index (χ1v) is 4.50. The second-order valence-corrected chi connectivity index (χ2v) is 3.29. The van der Waals surface area contributed by atoms with Gasteiger partial charge in [0.25, 0.3) is 0 Å². The van der Waals surface area contributed by atoms with Crippen LogP contribution in [0.3, 0.4) is 0 Å². The van der Waals surface area contributed by atoms with Gasteiger partial charge in [-0.3, -0.25) is 4.98 Å². The predicted molar refractivity (Wildman–Crippen MR) is 55.0 cm³/mol. The molecule has 14 heavy (non-hydrogen) atoms. The second kappa shape index (κ2) is 3.67. The summed E-state index contributed by atoms with van der Waals surface area (Å²) < 4.78 is 1.82. The van der Waals surface area contributed by atoms with E-state index < -0.39 is 0 Å². The van der Waals surface area contributed by atoms with Gasteiger partial charge >= 0.3 is 0 Å². The van der Waals surface area contributed by atoms with E-state index in [0.29, 0.717) is 17.5 Å². The Hall–Kier alpha value is -1.55. The molecule has 0 atom stereocenters. The average Bonchev–Trinajstić information content (AvgIpc) is 2.56. The fraction of sp³-hybridized carbons (Fsp3) is 0.111. The van der Waals surface area contributed by atoms with Crippen LogP contribution in [0.1, 0.15) is 5.56 Å². The topological polar surface area (TPSA) is 56.7 Å². The van der Waals surface area contributed by atoms with Crippen LogP contribution in [0.15, 0.2) is 30.9 Å². The Kier molecular flexibility index (Phi) is 2.37. The van der Waals surface area contributed by atoms with E-state index in [-0.39, 0.29) is 0 Å². The van der Waals surface area contributed by atoms with Crippen LogP contribution in [0.2, 0.25) is 5.02 Å². The number of halogens is 1. The first-order chi connectivity index (χ1) is 6.77. The van der Waals surface area contributed by atoms with Gasteiger partial charge in [-0.15, -0.1) is 0 Å². The Bertz CT molecular complexity index is 438. The lowest BCUT2D eigenvalue weighted by Crippen LogP contribution is -2.04. The number of nitrogen functional groups attached to an aromatic ring is 1. The number of nitrogens with two attached hydrogens (primary N) is 1. The Labute approximate surface area is 86.4 Å². The van der Waals surface area contributed by atoms with Crippen molar-refractivity contribution in [2.75, 3.05) is 5.73 Å². The third kappa shape index (κ3) is 1.70. The van der Waals surface area contributed by atoms with Crippen LogP contribution in [0.25, 0.3) is 0 Å². The minimum atomic E-state index is 0.484. The molecule has 2 aromatic heterocycles. The van der Waals surface area contributed by atoms with Crippen molar-refractivity contribution in [3.05, 3.63) is 41.4 Å². The smallest absolute Gasteiger partial charge is 0.200 e. The van der Waals surface area contributed by atoms with Crippen LogP contribution in [0, 0.1) is 0 Å². The van der Waals surface area contributed by atoms with Gasteiger partial charge in [-0.2, -0.15) is 0 Å². The van der Waals surface area contributed by atoms with Gasteiger partial charge in [0.2, 0.25) is 0 Å². The highest BCUT2D eigenvalue weighted by Crippen LogP contribution is 2.15. The van der Waals surface area contributed by atoms with Gasteiger partial charge < -0.3 is 10.3 Å². The molecule has 72 valence electrons. The number of imidazole rings is 1. The molecule has 0 bridgehead atoms.